The van der Waals surface area contributed by atoms with Gasteiger partial charge in [-0.1, -0.05) is 18.7 Å². The van der Waals surface area contributed by atoms with Crippen molar-refractivity contribution in [2.24, 2.45) is 5.92 Å². The summed E-state index contributed by atoms with van der Waals surface area (Å²) < 4.78 is 1.75. The molecule has 146 valence electrons. The van der Waals surface area contributed by atoms with Gasteiger partial charge in [0.2, 0.25) is 5.91 Å². The number of hydrogen-bond acceptors (Lipinski definition) is 5. The number of aromatic nitrogens is 2. The smallest absolute Gasteiger partial charge is 0.263 e. The maximum absolute atomic E-state index is 13.2. The first kappa shape index (κ1) is 19.0. The molecule has 0 saturated carbocycles. The van der Waals surface area contributed by atoms with Gasteiger partial charge in [-0.3, -0.25) is 14.2 Å². The highest BCUT2D eigenvalue weighted by Gasteiger charge is 2.25. The molecule has 1 atom stereocenters. The second kappa shape index (κ2) is 7.95. The van der Waals surface area contributed by atoms with E-state index in [4.69, 9.17) is 4.98 Å². The van der Waals surface area contributed by atoms with Crippen molar-refractivity contribution in [1.82, 2.24) is 14.5 Å². The highest BCUT2D eigenvalue weighted by atomic mass is 32.2. The lowest BCUT2D eigenvalue weighted by Crippen LogP contribution is -2.37. The third-order valence-electron chi connectivity index (χ3n) is 5.73. The first-order chi connectivity index (χ1) is 13.1. The summed E-state index contributed by atoms with van der Waals surface area (Å²) in [7, 11) is 0. The second-order valence-corrected chi connectivity index (χ2v) is 9.73. The first-order valence-electron chi connectivity index (χ1n) is 10.0. The van der Waals surface area contributed by atoms with E-state index in [0.717, 1.165) is 55.4 Å². The van der Waals surface area contributed by atoms with E-state index in [1.807, 2.05) is 11.8 Å². The van der Waals surface area contributed by atoms with Crippen LogP contribution in [-0.2, 0) is 24.2 Å². The summed E-state index contributed by atoms with van der Waals surface area (Å²) in [6.45, 7) is 6.57. The Morgan fingerprint density at radius 3 is 2.81 bits per heavy atom. The molecule has 1 amide bonds. The number of likely N-dealkylation sites (tertiary alicyclic amines) is 1. The predicted molar refractivity (Wildman–Crippen MR) is 112 cm³/mol. The van der Waals surface area contributed by atoms with E-state index in [9.17, 15) is 9.59 Å². The number of amides is 1. The fraction of sp³-hybridized carbons (Fsp3) is 0.650. The Labute approximate surface area is 168 Å². The van der Waals surface area contributed by atoms with E-state index < -0.39 is 0 Å². The lowest BCUT2D eigenvalue weighted by atomic mass is 9.89. The quantitative estimate of drug-likeness (QED) is 0.575. The minimum absolute atomic E-state index is 0.0717. The molecule has 0 radical (unpaired) electrons. The Morgan fingerprint density at radius 2 is 2.07 bits per heavy atom. The van der Waals surface area contributed by atoms with E-state index in [0.29, 0.717) is 23.4 Å². The summed E-state index contributed by atoms with van der Waals surface area (Å²) in [4.78, 5) is 34.6. The molecule has 1 aliphatic heterocycles. The number of thiophene rings is 1. The molecule has 1 saturated heterocycles. The molecule has 0 aromatic carbocycles. The Hall–Kier alpha value is -1.34. The Morgan fingerprint density at radius 1 is 1.30 bits per heavy atom. The monoisotopic (exact) mass is 405 g/mol. The standard InChI is InChI=1S/C20H27N3O2S2/c1-3-23-19(25)17-14-8-7-13(2)11-15(14)27-18(17)21-20(23)26-12-16(24)22-9-5-4-6-10-22/h13H,3-12H2,1-2H3/t13-/m0/s1. The molecule has 27 heavy (non-hydrogen) atoms. The average Bonchev–Trinajstić information content (AvgIpc) is 3.04. The van der Waals surface area contributed by atoms with Gasteiger partial charge in [0.05, 0.1) is 11.1 Å². The Kier molecular flexibility index (Phi) is 5.60. The fourth-order valence-corrected chi connectivity index (χ4v) is 6.54. The van der Waals surface area contributed by atoms with Gasteiger partial charge in [-0.15, -0.1) is 11.3 Å². The van der Waals surface area contributed by atoms with Gasteiger partial charge in [-0.05, 0) is 56.9 Å². The van der Waals surface area contributed by atoms with E-state index in [2.05, 4.69) is 6.92 Å². The van der Waals surface area contributed by atoms with Crippen LogP contribution in [0.15, 0.2) is 9.95 Å². The molecule has 1 aliphatic carbocycles. The predicted octanol–water partition coefficient (Wildman–Crippen LogP) is 3.71. The minimum Gasteiger partial charge on any atom is -0.342 e. The summed E-state index contributed by atoms with van der Waals surface area (Å²) in [5.74, 6) is 1.20. The van der Waals surface area contributed by atoms with Crippen molar-refractivity contribution in [3.8, 4) is 0 Å². The Bertz CT molecular complexity index is 912. The number of carbonyl (C=O) groups excluding carboxylic acids is 1. The molecule has 2 aromatic rings. The van der Waals surface area contributed by atoms with Gasteiger partial charge in [-0.25, -0.2) is 4.98 Å². The molecular weight excluding hydrogens is 378 g/mol. The van der Waals surface area contributed by atoms with Gasteiger partial charge in [0.1, 0.15) is 4.83 Å². The summed E-state index contributed by atoms with van der Waals surface area (Å²) in [6.07, 6.45) is 6.59. The number of aryl methyl sites for hydroxylation is 1. The number of hydrogen-bond donors (Lipinski definition) is 0. The molecule has 0 unspecified atom stereocenters. The van der Waals surface area contributed by atoms with Crippen LogP contribution in [0, 0.1) is 5.92 Å². The van der Waals surface area contributed by atoms with Crippen LogP contribution in [0.1, 0.15) is 50.0 Å². The molecule has 2 aromatic heterocycles. The lowest BCUT2D eigenvalue weighted by molar-refractivity contribution is -0.129. The highest BCUT2D eigenvalue weighted by molar-refractivity contribution is 7.99. The van der Waals surface area contributed by atoms with Crippen LogP contribution in [0.3, 0.4) is 0 Å². The summed E-state index contributed by atoms with van der Waals surface area (Å²) >= 11 is 3.10. The zero-order valence-electron chi connectivity index (χ0n) is 16.1. The normalized spacial score (nSPS) is 20.1. The lowest BCUT2D eigenvalue weighted by Gasteiger charge is -2.26. The van der Waals surface area contributed by atoms with Crippen LogP contribution < -0.4 is 5.56 Å². The molecule has 0 N–H and O–H groups in total. The maximum atomic E-state index is 13.2. The Balaban J connectivity index is 1.62. The van der Waals surface area contributed by atoms with Crippen molar-refractivity contribution < 1.29 is 4.79 Å². The SMILES string of the molecule is CCn1c(SCC(=O)N2CCCCC2)nc2sc3c(c2c1=O)CC[C@H](C)C3. The summed E-state index contributed by atoms with van der Waals surface area (Å²) in [5, 5.41) is 1.52. The number of fused-ring (bicyclic) bond motifs is 3. The fourth-order valence-electron chi connectivity index (χ4n) is 4.15. The van der Waals surface area contributed by atoms with Crippen LogP contribution in [0.5, 0.6) is 0 Å². The number of carbonyl (C=O) groups is 1. The summed E-state index contributed by atoms with van der Waals surface area (Å²) in [5.41, 5.74) is 1.30. The van der Waals surface area contributed by atoms with Gasteiger partial charge in [0.25, 0.3) is 5.56 Å². The number of rotatable bonds is 4. The van der Waals surface area contributed by atoms with Crippen molar-refractivity contribution in [1.29, 1.82) is 0 Å². The van der Waals surface area contributed by atoms with Gasteiger partial charge in [0.15, 0.2) is 5.16 Å². The van der Waals surface area contributed by atoms with Crippen LogP contribution >= 0.6 is 23.1 Å². The van der Waals surface area contributed by atoms with Crippen LogP contribution in [0.25, 0.3) is 10.2 Å². The van der Waals surface area contributed by atoms with Crippen molar-refractivity contribution >= 4 is 39.2 Å². The molecular formula is C20H27N3O2S2. The van der Waals surface area contributed by atoms with Crippen LogP contribution in [0.4, 0.5) is 0 Å². The molecule has 0 spiro atoms. The van der Waals surface area contributed by atoms with E-state index in [-0.39, 0.29) is 11.5 Å². The van der Waals surface area contributed by atoms with Gasteiger partial charge in [-0.2, -0.15) is 0 Å². The first-order valence-corrected chi connectivity index (χ1v) is 11.8. The second-order valence-electron chi connectivity index (χ2n) is 7.71. The minimum atomic E-state index is 0.0717. The zero-order chi connectivity index (χ0) is 19.0. The van der Waals surface area contributed by atoms with E-state index in [1.165, 1.54) is 28.6 Å². The van der Waals surface area contributed by atoms with Gasteiger partial charge < -0.3 is 4.90 Å². The van der Waals surface area contributed by atoms with Crippen molar-refractivity contribution in [2.45, 2.75) is 64.1 Å². The molecule has 2 aliphatic rings. The average molecular weight is 406 g/mol. The molecule has 4 rings (SSSR count). The molecule has 1 fully saturated rings. The van der Waals surface area contributed by atoms with E-state index >= 15 is 0 Å². The topological polar surface area (TPSA) is 55.2 Å². The van der Waals surface area contributed by atoms with Crippen molar-refractivity contribution in [2.75, 3.05) is 18.8 Å². The summed E-state index contributed by atoms with van der Waals surface area (Å²) in [6, 6.07) is 0. The largest absolute Gasteiger partial charge is 0.342 e. The number of thioether (sulfide) groups is 1. The van der Waals surface area contributed by atoms with E-state index in [1.54, 1.807) is 15.9 Å². The third kappa shape index (κ3) is 3.68. The molecule has 5 nitrogen and oxygen atoms in total. The molecule has 7 heteroatoms. The van der Waals surface area contributed by atoms with Gasteiger partial charge >= 0.3 is 0 Å². The number of nitrogens with zero attached hydrogens (tertiary/aromatic N) is 3. The number of piperidine rings is 1. The maximum Gasteiger partial charge on any atom is 0.263 e. The van der Waals surface area contributed by atoms with Gasteiger partial charge in [0, 0.05) is 24.5 Å². The van der Waals surface area contributed by atoms with Crippen molar-refractivity contribution in [3.63, 3.8) is 0 Å². The molecule has 3 heterocycles. The molecule has 0 bridgehead atoms. The van der Waals surface area contributed by atoms with Crippen LogP contribution in [-0.4, -0.2) is 39.2 Å². The zero-order valence-corrected chi connectivity index (χ0v) is 17.8. The highest BCUT2D eigenvalue weighted by Crippen LogP contribution is 2.36. The van der Waals surface area contributed by atoms with Crippen molar-refractivity contribution in [3.05, 3.63) is 20.8 Å². The van der Waals surface area contributed by atoms with Crippen LogP contribution in [0.2, 0.25) is 0 Å². The third-order valence-corrected chi connectivity index (χ3v) is 7.84.